The van der Waals surface area contributed by atoms with Crippen LogP contribution in [-0.2, 0) is 0 Å². The van der Waals surface area contributed by atoms with E-state index in [1.54, 1.807) is 0 Å². The van der Waals surface area contributed by atoms with E-state index in [0.717, 1.165) is 6.54 Å². The van der Waals surface area contributed by atoms with Gasteiger partial charge in [0.25, 0.3) is 0 Å². The molecule has 0 aliphatic heterocycles. The summed E-state index contributed by atoms with van der Waals surface area (Å²) in [6.45, 7) is 3.14. The van der Waals surface area contributed by atoms with Crippen LogP contribution in [0, 0.1) is 12.3 Å². The third-order valence-corrected chi connectivity index (χ3v) is 4.46. The highest BCUT2D eigenvalue weighted by molar-refractivity contribution is 5.83. The second-order valence-corrected chi connectivity index (χ2v) is 5.98. The summed E-state index contributed by atoms with van der Waals surface area (Å²) >= 11 is 0. The van der Waals surface area contributed by atoms with E-state index in [2.05, 4.69) is 48.6 Å². The number of rotatable bonds is 4. The lowest BCUT2D eigenvalue weighted by Crippen LogP contribution is -2.31. The van der Waals surface area contributed by atoms with E-state index < -0.39 is 0 Å². The normalized spacial score (nSPS) is 18.5. The second kappa shape index (κ2) is 4.62. The van der Waals surface area contributed by atoms with Gasteiger partial charge < -0.3 is 11.1 Å². The molecule has 1 aliphatic rings. The Kier molecular flexibility index (Phi) is 3.08. The molecular weight excluding hydrogens is 232 g/mol. The van der Waals surface area contributed by atoms with Gasteiger partial charge in [0.15, 0.2) is 0 Å². The van der Waals surface area contributed by atoms with Crippen LogP contribution >= 0.6 is 0 Å². The maximum atomic E-state index is 6.50. The standard InChI is InChI=1S/C17H22N2/c1-12-3-4-14-10-15(6-5-13(14)9-12)16(18)17(7-8-17)11-19-2/h3-6,9-10,16,19H,7-8,11,18H2,1-2H3. The van der Waals surface area contributed by atoms with Gasteiger partial charge in [-0.2, -0.15) is 0 Å². The van der Waals surface area contributed by atoms with Crippen molar-refractivity contribution < 1.29 is 0 Å². The zero-order chi connectivity index (χ0) is 13.5. The fraction of sp³-hybridized carbons (Fsp3) is 0.412. The van der Waals surface area contributed by atoms with Crippen LogP contribution in [0.4, 0.5) is 0 Å². The van der Waals surface area contributed by atoms with Crippen molar-refractivity contribution in [3.05, 3.63) is 47.5 Å². The molecule has 3 rings (SSSR count). The molecule has 2 aromatic carbocycles. The zero-order valence-corrected chi connectivity index (χ0v) is 11.7. The summed E-state index contributed by atoms with van der Waals surface area (Å²) in [6.07, 6.45) is 2.47. The number of benzene rings is 2. The van der Waals surface area contributed by atoms with E-state index in [1.165, 1.54) is 34.7 Å². The largest absolute Gasteiger partial charge is 0.323 e. The summed E-state index contributed by atoms with van der Waals surface area (Å²) in [6, 6.07) is 13.4. The van der Waals surface area contributed by atoms with E-state index in [0.29, 0.717) is 0 Å². The molecule has 0 bridgehead atoms. The molecule has 1 unspecified atom stereocenters. The Morgan fingerprint density at radius 2 is 1.84 bits per heavy atom. The fourth-order valence-electron chi connectivity index (χ4n) is 3.04. The number of nitrogens with two attached hydrogens (primary N) is 1. The van der Waals surface area contributed by atoms with Gasteiger partial charge in [0.1, 0.15) is 0 Å². The highest BCUT2D eigenvalue weighted by atomic mass is 14.9. The average molecular weight is 254 g/mol. The highest BCUT2D eigenvalue weighted by Crippen LogP contribution is 2.53. The topological polar surface area (TPSA) is 38.0 Å². The predicted molar refractivity (Wildman–Crippen MR) is 81.2 cm³/mol. The lowest BCUT2D eigenvalue weighted by Gasteiger charge is -2.23. The molecule has 100 valence electrons. The van der Waals surface area contributed by atoms with Crippen LogP contribution in [-0.4, -0.2) is 13.6 Å². The van der Waals surface area contributed by atoms with Crippen molar-refractivity contribution in [2.24, 2.45) is 11.1 Å². The van der Waals surface area contributed by atoms with Crippen molar-refractivity contribution in [3.63, 3.8) is 0 Å². The number of fused-ring (bicyclic) bond motifs is 1. The molecule has 1 fully saturated rings. The van der Waals surface area contributed by atoms with Crippen LogP contribution in [0.1, 0.15) is 30.0 Å². The van der Waals surface area contributed by atoms with Crippen molar-refractivity contribution in [1.82, 2.24) is 5.32 Å². The molecule has 0 aromatic heterocycles. The zero-order valence-electron chi connectivity index (χ0n) is 11.7. The van der Waals surface area contributed by atoms with Crippen LogP contribution in [0.25, 0.3) is 10.8 Å². The van der Waals surface area contributed by atoms with Gasteiger partial charge in [0, 0.05) is 18.0 Å². The SMILES string of the molecule is CNCC1(C(N)c2ccc3cc(C)ccc3c2)CC1. The summed E-state index contributed by atoms with van der Waals surface area (Å²) in [5, 5.41) is 5.88. The predicted octanol–water partition coefficient (Wildman–Crippen LogP) is 3.15. The summed E-state index contributed by atoms with van der Waals surface area (Å²) in [7, 11) is 2.01. The smallest absolute Gasteiger partial charge is 0.0364 e. The van der Waals surface area contributed by atoms with Gasteiger partial charge in [0.2, 0.25) is 0 Å². The molecule has 3 N–H and O–H groups in total. The summed E-state index contributed by atoms with van der Waals surface area (Å²) < 4.78 is 0. The molecular formula is C17H22N2. The Labute approximate surface area is 115 Å². The third kappa shape index (κ3) is 2.26. The summed E-state index contributed by atoms with van der Waals surface area (Å²) in [4.78, 5) is 0. The van der Waals surface area contributed by atoms with Crippen molar-refractivity contribution in [1.29, 1.82) is 0 Å². The molecule has 1 saturated carbocycles. The summed E-state index contributed by atoms with van der Waals surface area (Å²) in [5.41, 5.74) is 9.36. The lowest BCUT2D eigenvalue weighted by molar-refractivity contribution is 0.392. The molecule has 0 amide bonds. The Morgan fingerprint density at radius 3 is 2.53 bits per heavy atom. The number of hydrogen-bond acceptors (Lipinski definition) is 2. The van der Waals surface area contributed by atoms with Crippen molar-refractivity contribution in [3.8, 4) is 0 Å². The van der Waals surface area contributed by atoms with Crippen LogP contribution in [0.5, 0.6) is 0 Å². The van der Waals surface area contributed by atoms with Crippen LogP contribution in [0.2, 0.25) is 0 Å². The van der Waals surface area contributed by atoms with Crippen molar-refractivity contribution in [2.45, 2.75) is 25.8 Å². The molecule has 1 aliphatic carbocycles. The van der Waals surface area contributed by atoms with Crippen LogP contribution in [0.3, 0.4) is 0 Å². The number of hydrogen-bond donors (Lipinski definition) is 2. The van der Waals surface area contributed by atoms with Crippen molar-refractivity contribution >= 4 is 10.8 Å². The van der Waals surface area contributed by atoms with E-state index >= 15 is 0 Å². The van der Waals surface area contributed by atoms with E-state index in [9.17, 15) is 0 Å². The Hall–Kier alpha value is -1.38. The average Bonchev–Trinajstić information content (AvgIpc) is 3.18. The minimum absolute atomic E-state index is 0.144. The third-order valence-electron chi connectivity index (χ3n) is 4.46. The maximum absolute atomic E-state index is 6.50. The van der Waals surface area contributed by atoms with Gasteiger partial charge in [-0.25, -0.2) is 0 Å². The number of nitrogens with one attached hydrogen (secondary N) is 1. The highest BCUT2D eigenvalue weighted by Gasteiger charge is 2.47. The first-order chi connectivity index (χ1) is 9.14. The minimum Gasteiger partial charge on any atom is -0.323 e. The first kappa shape index (κ1) is 12.6. The first-order valence-corrected chi connectivity index (χ1v) is 7.05. The van der Waals surface area contributed by atoms with Gasteiger partial charge >= 0.3 is 0 Å². The fourth-order valence-corrected chi connectivity index (χ4v) is 3.04. The molecule has 0 radical (unpaired) electrons. The van der Waals surface area contributed by atoms with Gasteiger partial charge in [-0.05, 0) is 49.2 Å². The Morgan fingerprint density at radius 1 is 1.16 bits per heavy atom. The Bertz CT molecular complexity index is 599. The molecule has 19 heavy (non-hydrogen) atoms. The molecule has 0 spiro atoms. The molecule has 2 aromatic rings. The van der Waals surface area contributed by atoms with Crippen LogP contribution < -0.4 is 11.1 Å². The van der Waals surface area contributed by atoms with E-state index in [1.807, 2.05) is 7.05 Å². The Balaban J connectivity index is 1.95. The van der Waals surface area contributed by atoms with Crippen molar-refractivity contribution in [2.75, 3.05) is 13.6 Å². The maximum Gasteiger partial charge on any atom is 0.0364 e. The lowest BCUT2D eigenvalue weighted by atomic mass is 9.89. The summed E-state index contributed by atoms with van der Waals surface area (Å²) in [5.74, 6) is 0. The van der Waals surface area contributed by atoms with E-state index in [4.69, 9.17) is 5.73 Å². The molecule has 0 heterocycles. The number of aryl methyl sites for hydroxylation is 1. The molecule has 2 nitrogen and oxygen atoms in total. The van der Waals surface area contributed by atoms with Gasteiger partial charge in [0.05, 0.1) is 0 Å². The quantitative estimate of drug-likeness (QED) is 0.879. The van der Waals surface area contributed by atoms with Crippen LogP contribution in [0.15, 0.2) is 36.4 Å². The minimum atomic E-state index is 0.144. The molecule has 2 heteroatoms. The van der Waals surface area contributed by atoms with Gasteiger partial charge in [-0.1, -0.05) is 35.9 Å². The monoisotopic (exact) mass is 254 g/mol. The first-order valence-electron chi connectivity index (χ1n) is 7.05. The molecule has 0 saturated heterocycles. The van der Waals surface area contributed by atoms with Gasteiger partial charge in [-0.15, -0.1) is 0 Å². The second-order valence-electron chi connectivity index (χ2n) is 5.98. The van der Waals surface area contributed by atoms with Gasteiger partial charge in [-0.3, -0.25) is 0 Å². The molecule has 1 atom stereocenters. The van der Waals surface area contributed by atoms with E-state index in [-0.39, 0.29) is 11.5 Å².